The molecule has 7 heteroatoms. The van der Waals surface area contributed by atoms with Gasteiger partial charge in [0.25, 0.3) is 0 Å². The van der Waals surface area contributed by atoms with Gasteiger partial charge in [-0.25, -0.2) is 4.79 Å². The smallest absolute Gasteiger partial charge is 0.326 e. The minimum Gasteiger partial charge on any atom is -0.508 e. The monoisotopic (exact) mass is 320 g/mol. The van der Waals surface area contributed by atoms with Crippen molar-refractivity contribution < 1.29 is 24.6 Å². The number of nitrogens with one attached hydrogen (secondary N) is 1. The van der Waals surface area contributed by atoms with Crippen molar-refractivity contribution in [3.63, 3.8) is 0 Å². The molecule has 0 aromatic heterocycles. The maximum Gasteiger partial charge on any atom is 0.326 e. The minimum absolute atomic E-state index is 0.113. The van der Waals surface area contributed by atoms with E-state index in [1.165, 1.54) is 24.0 Å². The fraction of sp³-hybridized carbons (Fsp3) is 0.438. The number of carbonyl (C=O) groups excluding carboxylic acids is 2. The van der Waals surface area contributed by atoms with Crippen LogP contribution in [0, 0.1) is 0 Å². The third kappa shape index (κ3) is 4.21. The number of carboxylic acids is 1. The molecule has 3 N–H and O–H groups in total. The zero-order valence-electron chi connectivity index (χ0n) is 12.9. The number of hydrogen-bond donors (Lipinski definition) is 3. The summed E-state index contributed by atoms with van der Waals surface area (Å²) in [6, 6.07) is 4.67. The molecule has 0 saturated carbocycles. The molecule has 0 spiro atoms. The van der Waals surface area contributed by atoms with Crippen LogP contribution in [0.5, 0.6) is 5.75 Å². The van der Waals surface area contributed by atoms with E-state index in [1.54, 1.807) is 12.1 Å². The summed E-state index contributed by atoms with van der Waals surface area (Å²) in [7, 11) is 0. The van der Waals surface area contributed by atoms with E-state index in [0.29, 0.717) is 19.4 Å². The van der Waals surface area contributed by atoms with E-state index < -0.39 is 24.0 Å². The van der Waals surface area contributed by atoms with Gasteiger partial charge < -0.3 is 20.4 Å². The highest BCUT2D eigenvalue weighted by Crippen LogP contribution is 2.20. The van der Waals surface area contributed by atoms with Crippen LogP contribution in [0.25, 0.3) is 0 Å². The van der Waals surface area contributed by atoms with Crippen LogP contribution in [0.3, 0.4) is 0 Å². The predicted molar refractivity (Wildman–Crippen MR) is 81.8 cm³/mol. The van der Waals surface area contributed by atoms with E-state index in [0.717, 1.165) is 5.56 Å². The Morgan fingerprint density at radius 1 is 1.30 bits per heavy atom. The lowest BCUT2D eigenvalue weighted by Gasteiger charge is -2.27. The van der Waals surface area contributed by atoms with Crippen molar-refractivity contribution >= 4 is 17.8 Å². The molecule has 2 atom stereocenters. The van der Waals surface area contributed by atoms with Crippen LogP contribution in [-0.2, 0) is 20.8 Å². The number of nitrogens with zero attached hydrogens (tertiary/aromatic N) is 1. The largest absolute Gasteiger partial charge is 0.508 e. The van der Waals surface area contributed by atoms with Crippen molar-refractivity contribution in [2.24, 2.45) is 0 Å². The molecule has 0 unspecified atom stereocenters. The van der Waals surface area contributed by atoms with E-state index in [-0.39, 0.29) is 18.1 Å². The molecule has 1 saturated heterocycles. The van der Waals surface area contributed by atoms with Gasteiger partial charge in [-0.3, -0.25) is 9.59 Å². The summed E-state index contributed by atoms with van der Waals surface area (Å²) >= 11 is 0. The summed E-state index contributed by atoms with van der Waals surface area (Å²) in [6.45, 7) is 1.69. The van der Waals surface area contributed by atoms with Crippen molar-refractivity contribution in [1.82, 2.24) is 10.2 Å². The van der Waals surface area contributed by atoms with Gasteiger partial charge in [0, 0.05) is 19.9 Å². The number of benzene rings is 1. The van der Waals surface area contributed by atoms with Crippen LogP contribution in [-0.4, -0.2) is 51.5 Å². The maximum atomic E-state index is 12.7. The second-order valence-electron chi connectivity index (χ2n) is 5.65. The average Bonchev–Trinajstić information content (AvgIpc) is 2.97. The second kappa shape index (κ2) is 7.13. The van der Waals surface area contributed by atoms with E-state index in [4.69, 9.17) is 0 Å². The van der Waals surface area contributed by atoms with E-state index in [9.17, 15) is 24.6 Å². The Balaban J connectivity index is 2.16. The Bertz CT molecular complexity index is 599. The van der Waals surface area contributed by atoms with E-state index in [1.807, 2.05) is 0 Å². The van der Waals surface area contributed by atoms with Gasteiger partial charge in [0.15, 0.2) is 0 Å². The summed E-state index contributed by atoms with van der Waals surface area (Å²) < 4.78 is 0. The van der Waals surface area contributed by atoms with Gasteiger partial charge in [0.05, 0.1) is 0 Å². The molecule has 23 heavy (non-hydrogen) atoms. The summed E-state index contributed by atoms with van der Waals surface area (Å²) in [5, 5.41) is 21.1. The van der Waals surface area contributed by atoms with Gasteiger partial charge in [-0.2, -0.15) is 0 Å². The molecule has 2 amide bonds. The lowest BCUT2D eigenvalue weighted by molar-refractivity contribution is -0.149. The highest BCUT2D eigenvalue weighted by atomic mass is 16.4. The van der Waals surface area contributed by atoms with Crippen molar-refractivity contribution in [2.75, 3.05) is 6.54 Å². The Kier molecular flexibility index (Phi) is 5.20. The molecule has 1 aromatic rings. The van der Waals surface area contributed by atoms with Crippen molar-refractivity contribution in [3.8, 4) is 5.75 Å². The third-order valence-electron chi connectivity index (χ3n) is 3.87. The molecule has 124 valence electrons. The number of phenolic OH excluding ortho intramolecular Hbond substituents is 1. The number of phenols is 1. The molecule has 1 aromatic carbocycles. The summed E-state index contributed by atoms with van der Waals surface area (Å²) in [6.07, 6.45) is 1.29. The molecule has 1 heterocycles. The molecular formula is C16H20N2O5. The molecule has 0 bridgehead atoms. The number of aromatic hydroxyl groups is 1. The fourth-order valence-corrected chi connectivity index (χ4v) is 2.80. The van der Waals surface area contributed by atoms with Crippen LogP contribution in [0.2, 0.25) is 0 Å². The SMILES string of the molecule is CC(=O)N[C@H](Cc1ccc(O)cc1)C(=O)N1CCC[C@H]1C(=O)O. The summed E-state index contributed by atoms with van der Waals surface area (Å²) in [5.41, 5.74) is 0.765. The number of hydrogen-bond acceptors (Lipinski definition) is 4. The highest BCUT2D eigenvalue weighted by Gasteiger charge is 2.37. The first-order valence-corrected chi connectivity index (χ1v) is 7.47. The number of rotatable bonds is 5. The first-order valence-electron chi connectivity index (χ1n) is 7.47. The lowest BCUT2D eigenvalue weighted by atomic mass is 10.0. The molecule has 1 fully saturated rings. The molecular weight excluding hydrogens is 300 g/mol. The standard InChI is InChI=1S/C16H20N2O5/c1-10(19)17-13(9-11-4-6-12(20)7-5-11)15(21)18-8-2-3-14(18)16(22)23/h4-7,13-14,20H,2-3,8-9H2,1H3,(H,17,19)(H,22,23)/t13-,14+/m1/s1. The van der Waals surface area contributed by atoms with Gasteiger partial charge in [0.2, 0.25) is 11.8 Å². The van der Waals surface area contributed by atoms with Crippen LogP contribution in [0.4, 0.5) is 0 Å². The van der Waals surface area contributed by atoms with Crippen molar-refractivity contribution in [2.45, 2.75) is 38.3 Å². The first-order chi connectivity index (χ1) is 10.9. The number of carbonyl (C=O) groups is 3. The Labute approximate surface area is 133 Å². The van der Waals surface area contributed by atoms with Gasteiger partial charge in [-0.05, 0) is 30.5 Å². The molecule has 2 rings (SSSR count). The van der Waals surface area contributed by atoms with Gasteiger partial charge in [0.1, 0.15) is 17.8 Å². The predicted octanol–water partition coefficient (Wildman–Crippen LogP) is 0.515. The number of carboxylic acid groups (broad SMARTS) is 1. The Morgan fingerprint density at radius 2 is 1.96 bits per heavy atom. The van der Waals surface area contributed by atoms with Crippen LogP contribution >= 0.6 is 0 Å². The molecule has 0 radical (unpaired) electrons. The zero-order chi connectivity index (χ0) is 17.0. The van der Waals surface area contributed by atoms with Crippen molar-refractivity contribution in [3.05, 3.63) is 29.8 Å². The quantitative estimate of drug-likeness (QED) is 0.733. The highest BCUT2D eigenvalue weighted by molar-refractivity contribution is 5.90. The molecule has 0 aliphatic carbocycles. The lowest BCUT2D eigenvalue weighted by Crippen LogP contribution is -2.52. The third-order valence-corrected chi connectivity index (χ3v) is 3.87. The number of aliphatic carboxylic acids is 1. The van der Waals surface area contributed by atoms with Crippen molar-refractivity contribution in [1.29, 1.82) is 0 Å². The average molecular weight is 320 g/mol. The van der Waals surface area contributed by atoms with E-state index in [2.05, 4.69) is 5.32 Å². The van der Waals surface area contributed by atoms with Gasteiger partial charge in [-0.15, -0.1) is 0 Å². The fourth-order valence-electron chi connectivity index (χ4n) is 2.80. The van der Waals surface area contributed by atoms with E-state index >= 15 is 0 Å². The number of amides is 2. The minimum atomic E-state index is -1.03. The van der Waals surface area contributed by atoms with Crippen LogP contribution in [0.1, 0.15) is 25.3 Å². The molecule has 1 aliphatic heterocycles. The first kappa shape index (κ1) is 16.8. The topological polar surface area (TPSA) is 107 Å². The Hall–Kier alpha value is -2.57. The van der Waals surface area contributed by atoms with Gasteiger partial charge >= 0.3 is 5.97 Å². The molecule has 7 nitrogen and oxygen atoms in total. The maximum absolute atomic E-state index is 12.7. The van der Waals surface area contributed by atoms with Gasteiger partial charge in [-0.1, -0.05) is 12.1 Å². The zero-order valence-corrected chi connectivity index (χ0v) is 12.9. The number of likely N-dealkylation sites (tertiary alicyclic amines) is 1. The normalized spacial score (nSPS) is 18.5. The molecule has 1 aliphatic rings. The summed E-state index contributed by atoms with van der Waals surface area (Å²) in [5.74, 6) is -1.66. The Morgan fingerprint density at radius 3 is 2.52 bits per heavy atom. The van der Waals surface area contributed by atoms with Crippen LogP contribution in [0.15, 0.2) is 24.3 Å². The second-order valence-corrected chi connectivity index (χ2v) is 5.65. The summed E-state index contributed by atoms with van der Waals surface area (Å²) in [4.78, 5) is 36.6. The van der Waals surface area contributed by atoms with Crippen LogP contribution < -0.4 is 5.32 Å².